The molecule has 9 heteroatoms. The summed E-state index contributed by atoms with van der Waals surface area (Å²) in [4.78, 5) is 26.0. The third kappa shape index (κ3) is 5.84. The minimum atomic E-state index is -0.274. The van der Waals surface area contributed by atoms with Crippen LogP contribution in [0.1, 0.15) is 0 Å². The summed E-state index contributed by atoms with van der Waals surface area (Å²) in [6, 6.07) is 21.4. The van der Waals surface area contributed by atoms with Gasteiger partial charge in [-0.05, 0) is 73.8 Å². The molecule has 5 rings (SSSR count). The summed E-state index contributed by atoms with van der Waals surface area (Å²) in [5.74, 6) is 1.51. The molecule has 2 heterocycles. The Morgan fingerprint density at radius 2 is 1.68 bits per heavy atom. The summed E-state index contributed by atoms with van der Waals surface area (Å²) < 4.78 is 5.43. The zero-order valence-corrected chi connectivity index (χ0v) is 21.6. The van der Waals surface area contributed by atoms with Gasteiger partial charge in [0, 0.05) is 54.3 Å². The molecule has 9 nitrogen and oxygen atoms in total. The van der Waals surface area contributed by atoms with Gasteiger partial charge < -0.3 is 30.5 Å². The minimum absolute atomic E-state index is 0.274. The SMILES string of the molecule is C=CC(=O)Nc1cccc(Nc2nc(Nc3ccc(N4CCN(C)CC4)cc3)nc3ccc(OC)cc23)c1. The number of nitrogens with one attached hydrogen (secondary N) is 3. The van der Waals surface area contributed by atoms with Crippen LogP contribution < -0.4 is 25.6 Å². The van der Waals surface area contributed by atoms with Crippen LogP contribution in [-0.4, -0.2) is 61.1 Å². The van der Waals surface area contributed by atoms with Gasteiger partial charge in [0.15, 0.2) is 0 Å². The molecule has 4 aromatic rings. The van der Waals surface area contributed by atoms with Crippen LogP contribution in [0.5, 0.6) is 5.75 Å². The molecule has 0 radical (unpaired) electrons. The fourth-order valence-electron chi connectivity index (χ4n) is 4.34. The first-order valence-corrected chi connectivity index (χ1v) is 12.5. The van der Waals surface area contributed by atoms with Crippen LogP contribution in [0.2, 0.25) is 0 Å². The van der Waals surface area contributed by atoms with E-state index in [9.17, 15) is 4.79 Å². The number of carbonyl (C=O) groups is 1. The number of amides is 1. The van der Waals surface area contributed by atoms with Crippen LogP contribution in [-0.2, 0) is 4.79 Å². The van der Waals surface area contributed by atoms with E-state index in [1.165, 1.54) is 11.8 Å². The normalized spacial score (nSPS) is 13.7. The Labute approximate surface area is 222 Å². The summed E-state index contributed by atoms with van der Waals surface area (Å²) in [6.45, 7) is 7.68. The van der Waals surface area contributed by atoms with Crippen LogP contribution >= 0.6 is 0 Å². The van der Waals surface area contributed by atoms with E-state index >= 15 is 0 Å². The number of fused-ring (bicyclic) bond motifs is 1. The zero-order chi connectivity index (χ0) is 26.5. The highest BCUT2D eigenvalue weighted by molar-refractivity contribution is 5.99. The monoisotopic (exact) mass is 509 g/mol. The maximum atomic E-state index is 11.7. The first-order valence-electron chi connectivity index (χ1n) is 12.5. The fourth-order valence-corrected chi connectivity index (χ4v) is 4.34. The Hall–Kier alpha value is -4.63. The van der Waals surface area contributed by atoms with Gasteiger partial charge in [-0.15, -0.1) is 0 Å². The lowest BCUT2D eigenvalue weighted by Gasteiger charge is -2.34. The molecule has 0 unspecified atom stereocenters. The predicted octanol–water partition coefficient (Wildman–Crippen LogP) is 5.00. The van der Waals surface area contributed by atoms with Crippen LogP contribution in [0.4, 0.5) is 34.5 Å². The van der Waals surface area contributed by atoms with Crippen molar-refractivity contribution < 1.29 is 9.53 Å². The number of nitrogens with zero attached hydrogens (tertiary/aromatic N) is 4. The van der Waals surface area contributed by atoms with Gasteiger partial charge in [0.05, 0.1) is 12.6 Å². The molecule has 0 saturated carbocycles. The van der Waals surface area contributed by atoms with Crippen molar-refractivity contribution in [3.63, 3.8) is 0 Å². The standard InChI is InChI=1S/C29H31N7O2/c1-4-27(37)30-21-6-5-7-22(18-21)31-28-25-19-24(38-3)12-13-26(25)33-29(34-28)32-20-8-10-23(11-9-20)36-16-14-35(2)15-17-36/h4-13,18-19H,1,14-17H2,2-3H3,(H,30,37)(H2,31,32,33,34). The summed E-state index contributed by atoms with van der Waals surface area (Å²) in [7, 11) is 3.78. The Balaban J connectivity index is 1.41. The quantitative estimate of drug-likeness (QED) is 0.286. The van der Waals surface area contributed by atoms with Crippen LogP contribution in [0, 0.1) is 0 Å². The first kappa shape index (κ1) is 25.0. The molecule has 3 aromatic carbocycles. The van der Waals surface area contributed by atoms with E-state index in [2.05, 4.69) is 51.5 Å². The summed E-state index contributed by atoms with van der Waals surface area (Å²) >= 11 is 0. The lowest BCUT2D eigenvalue weighted by atomic mass is 10.2. The number of carbonyl (C=O) groups excluding carboxylic acids is 1. The number of rotatable bonds is 8. The van der Waals surface area contributed by atoms with Crippen molar-refractivity contribution >= 4 is 51.3 Å². The summed E-state index contributed by atoms with van der Waals surface area (Å²) in [6.07, 6.45) is 1.24. The van der Waals surface area contributed by atoms with Crippen molar-refractivity contribution in [3.05, 3.63) is 79.4 Å². The topological polar surface area (TPSA) is 94.6 Å². The highest BCUT2D eigenvalue weighted by atomic mass is 16.5. The van der Waals surface area contributed by atoms with Gasteiger partial charge in [0.1, 0.15) is 11.6 Å². The molecule has 1 aromatic heterocycles. The molecule has 0 bridgehead atoms. The molecule has 1 amide bonds. The van der Waals surface area contributed by atoms with E-state index in [1.807, 2.05) is 54.6 Å². The number of anilines is 6. The van der Waals surface area contributed by atoms with Crippen LogP contribution in [0.25, 0.3) is 10.9 Å². The number of hydrogen-bond donors (Lipinski definition) is 3. The predicted molar refractivity (Wildman–Crippen MR) is 154 cm³/mol. The molecule has 3 N–H and O–H groups in total. The van der Waals surface area contributed by atoms with E-state index in [1.54, 1.807) is 7.11 Å². The van der Waals surface area contributed by atoms with Gasteiger partial charge in [-0.2, -0.15) is 4.98 Å². The van der Waals surface area contributed by atoms with Crippen molar-refractivity contribution in [2.24, 2.45) is 0 Å². The number of aromatic nitrogens is 2. The van der Waals surface area contributed by atoms with E-state index in [4.69, 9.17) is 14.7 Å². The molecule has 1 aliphatic heterocycles. The number of ether oxygens (including phenoxy) is 1. The fraction of sp³-hybridized carbons (Fsp3) is 0.207. The Bertz CT molecular complexity index is 1450. The molecule has 0 atom stereocenters. The number of hydrogen-bond acceptors (Lipinski definition) is 8. The van der Waals surface area contributed by atoms with E-state index in [-0.39, 0.29) is 5.91 Å². The molecule has 38 heavy (non-hydrogen) atoms. The Morgan fingerprint density at radius 3 is 2.42 bits per heavy atom. The second-order valence-corrected chi connectivity index (χ2v) is 9.14. The van der Waals surface area contributed by atoms with E-state index in [0.29, 0.717) is 23.2 Å². The molecule has 1 saturated heterocycles. The lowest BCUT2D eigenvalue weighted by molar-refractivity contribution is -0.111. The average Bonchev–Trinajstić information content (AvgIpc) is 2.94. The molecule has 0 spiro atoms. The van der Waals surface area contributed by atoms with Gasteiger partial charge in [-0.25, -0.2) is 4.98 Å². The van der Waals surface area contributed by atoms with E-state index < -0.39 is 0 Å². The molecule has 1 fully saturated rings. The number of likely N-dealkylation sites (N-methyl/N-ethyl adjacent to an activating group) is 1. The highest BCUT2D eigenvalue weighted by Crippen LogP contribution is 2.30. The average molecular weight is 510 g/mol. The molecular formula is C29H31N7O2. The van der Waals surface area contributed by atoms with Gasteiger partial charge in [-0.3, -0.25) is 4.79 Å². The van der Waals surface area contributed by atoms with Crippen LogP contribution in [0.3, 0.4) is 0 Å². The van der Waals surface area contributed by atoms with Gasteiger partial charge in [0.2, 0.25) is 11.9 Å². The van der Waals surface area contributed by atoms with Crippen molar-refractivity contribution in [2.75, 3.05) is 61.2 Å². The second-order valence-electron chi connectivity index (χ2n) is 9.14. The van der Waals surface area contributed by atoms with Crippen molar-refractivity contribution in [3.8, 4) is 5.75 Å². The molecule has 194 valence electrons. The van der Waals surface area contributed by atoms with Gasteiger partial charge in [-0.1, -0.05) is 12.6 Å². The van der Waals surface area contributed by atoms with Crippen LogP contribution in [0.15, 0.2) is 79.4 Å². The lowest BCUT2D eigenvalue weighted by Crippen LogP contribution is -2.44. The maximum Gasteiger partial charge on any atom is 0.247 e. The van der Waals surface area contributed by atoms with Crippen molar-refractivity contribution in [1.29, 1.82) is 0 Å². The molecule has 1 aliphatic rings. The first-order chi connectivity index (χ1) is 18.5. The van der Waals surface area contributed by atoms with Crippen molar-refractivity contribution in [1.82, 2.24) is 14.9 Å². The highest BCUT2D eigenvalue weighted by Gasteiger charge is 2.15. The molecular weight excluding hydrogens is 478 g/mol. The maximum absolute atomic E-state index is 11.7. The number of benzene rings is 3. The Morgan fingerprint density at radius 1 is 0.921 bits per heavy atom. The molecule has 0 aliphatic carbocycles. The second kappa shape index (κ2) is 11.2. The Kier molecular flexibility index (Phi) is 7.37. The van der Waals surface area contributed by atoms with Gasteiger partial charge >= 0.3 is 0 Å². The largest absolute Gasteiger partial charge is 0.497 e. The summed E-state index contributed by atoms with van der Waals surface area (Å²) in [5.41, 5.74) is 4.28. The van der Waals surface area contributed by atoms with Gasteiger partial charge in [0.25, 0.3) is 0 Å². The van der Waals surface area contributed by atoms with Crippen molar-refractivity contribution in [2.45, 2.75) is 0 Å². The third-order valence-corrected chi connectivity index (χ3v) is 6.47. The third-order valence-electron chi connectivity index (χ3n) is 6.47. The minimum Gasteiger partial charge on any atom is -0.497 e. The smallest absolute Gasteiger partial charge is 0.247 e. The number of methoxy groups -OCH3 is 1. The summed E-state index contributed by atoms with van der Waals surface area (Å²) in [5, 5.41) is 10.3. The van der Waals surface area contributed by atoms with E-state index in [0.717, 1.165) is 48.5 Å². The number of piperazine rings is 1. The zero-order valence-electron chi connectivity index (χ0n) is 21.6.